The van der Waals surface area contributed by atoms with E-state index in [-0.39, 0.29) is 0 Å². The molecule has 2 aromatic rings. The summed E-state index contributed by atoms with van der Waals surface area (Å²) in [7, 11) is 0. The molecule has 0 aliphatic carbocycles. The van der Waals surface area contributed by atoms with Crippen LogP contribution in [0.5, 0.6) is 0 Å². The van der Waals surface area contributed by atoms with Crippen LogP contribution in [0.15, 0.2) is 18.2 Å². The van der Waals surface area contributed by atoms with Crippen LogP contribution in [-0.4, -0.2) is 16.1 Å². The Labute approximate surface area is 99.3 Å². The summed E-state index contributed by atoms with van der Waals surface area (Å²) in [5, 5.41) is 9.57. The Morgan fingerprint density at radius 1 is 1.24 bits per heavy atom. The van der Waals surface area contributed by atoms with Crippen LogP contribution in [0.1, 0.15) is 27.2 Å². The van der Waals surface area contributed by atoms with Crippen molar-refractivity contribution in [3.63, 3.8) is 0 Å². The largest absolute Gasteiger partial charge is 0.288 e. The maximum Gasteiger partial charge on any atom is 0.275 e. The molecule has 88 valence electrons. The maximum atomic E-state index is 11.7. The average Bonchev–Trinajstić information content (AvgIpc) is 2.32. The predicted octanol–water partition coefficient (Wildman–Crippen LogP) is 2.28. The molecule has 1 aromatic carbocycles. The smallest absolute Gasteiger partial charge is 0.275 e. The van der Waals surface area contributed by atoms with Crippen molar-refractivity contribution < 1.29 is 10.0 Å². The van der Waals surface area contributed by atoms with Gasteiger partial charge in [-0.1, -0.05) is 12.1 Å². The van der Waals surface area contributed by atoms with E-state index in [4.69, 9.17) is 5.21 Å². The molecular weight excluding hydrogens is 216 g/mol. The fourth-order valence-corrected chi connectivity index (χ4v) is 2.01. The molecule has 4 heteroatoms. The van der Waals surface area contributed by atoms with Crippen molar-refractivity contribution in [1.29, 1.82) is 0 Å². The summed E-state index contributed by atoms with van der Waals surface area (Å²) >= 11 is 0. The summed E-state index contributed by atoms with van der Waals surface area (Å²) in [5.74, 6) is -0.505. The number of rotatable bonds is 1. The van der Waals surface area contributed by atoms with Crippen LogP contribution in [0.2, 0.25) is 0 Å². The quantitative estimate of drug-likeness (QED) is 0.583. The Morgan fingerprint density at radius 2 is 1.88 bits per heavy atom. The molecule has 0 fully saturated rings. The number of nitrogens with zero attached hydrogens (tertiary/aromatic N) is 1. The minimum absolute atomic E-state index is 0.455. The third-order valence-corrected chi connectivity index (χ3v) is 2.84. The molecule has 1 heterocycles. The van der Waals surface area contributed by atoms with Gasteiger partial charge in [-0.25, -0.2) is 5.48 Å². The van der Waals surface area contributed by atoms with Crippen molar-refractivity contribution >= 4 is 16.8 Å². The van der Waals surface area contributed by atoms with Gasteiger partial charge in [0, 0.05) is 11.1 Å². The van der Waals surface area contributed by atoms with Crippen LogP contribution >= 0.6 is 0 Å². The number of benzene rings is 1. The Hall–Kier alpha value is -1.94. The SMILES string of the molecule is Cc1cc(C(=O)NO)c2c(C)ccc(C)c2n1. The number of aromatic nitrogens is 1. The first-order valence-corrected chi connectivity index (χ1v) is 5.36. The van der Waals surface area contributed by atoms with E-state index in [1.807, 2.05) is 32.9 Å². The van der Waals surface area contributed by atoms with E-state index in [0.29, 0.717) is 5.56 Å². The van der Waals surface area contributed by atoms with E-state index in [2.05, 4.69) is 4.98 Å². The number of hydrogen-bond donors (Lipinski definition) is 2. The summed E-state index contributed by atoms with van der Waals surface area (Å²) < 4.78 is 0. The highest BCUT2D eigenvalue weighted by atomic mass is 16.5. The average molecular weight is 230 g/mol. The molecule has 0 spiro atoms. The third-order valence-electron chi connectivity index (χ3n) is 2.84. The van der Waals surface area contributed by atoms with Gasteiger partial charge in [-0.15, -0.1) is 0 Å². The summed E-state index contributed by atoms with van der Waals surface area (Å²) in [6.45, 7) is 5.71. The van der Waals surface area contributed by atoms with Gasteiger partial charge in [0.2, 0.25) is 0 Å². The van der Waals surface area contributed by atoms with Crippen molar-refractivity contribution in [3.8, 4) is 0 Å². The van der Waals surface area contributed by atoms with Gasteiger partial charge < -0.3 is 0 Å². The van der Waals surface area contributed by atoms with Crippen LogP contribution in [0.25, 0.3) is 10.9 Å². The van der Waals surface area contributed by atoms with Gasteiger partial charge in [-0.3, -0.25) is 15.0 Å². The number of carbonyl (C=O) groups excluding carboxylic acids is 1. The molecule has 0 atom stereocenters. The van der Waals surface area contributed by atoms with Gasteiger partial charge in [0.25, 0.3) is 5.91 Å². The van der Waals surface area contributed by atoms with Gasteiger partial charge >= 0.3 is 0 Å². The highest BCUT2D eigenvalue weighted by Crippen LogP contribution is 2.24. The topological polar surface area (TPSA) is 62.2 Å². The van der Waals surface area contributed by atoms with Gasteiger partial charge in [0.05, 0.1) is 11.1 Å². The van der Waals surface area contributed by atoms with E-state index in [0.717, 1.165) is 27.7 Å². The molecular formula is C13H14N2O2. The lowest BCUT2D eigenvalue weighted by Gasteiger charge is -2.10. The summed E-state index contributed by atoms with van der Waals surface area (Å²) in [6.07, 6.45) is 0. The molecule has 1 amide bonds. The molecule has 0 aliphatic rings. The van der Waals surface area contributed by atoms with Crippen molar-refractivity contribution in [2.75, 3.05) is 0 Å². The van der Waals surface area contributed by atoms with Gasteiger partial charge in [-0.2, -0.15) is 0 Å². The number of hydroxylamine groups is 1. The predicted molar refractivity (Wildman–Crippen MR) is 65.2 cm³/mol. The lowest BCUT2D eigenvalue weighted by atomic mass is 9.99. The molecule has 0 unspecified atom stereocenters. The van der Waals surface area contributed by atoms with Crippen LogP contribution in [0.4, 0.5) is 0 Å². The Bertz CT molecular complexity index is 606. The Morgan fingerprint density at radius 3 is 2.53 bits per heavy atom. The molecule has 17 heavy (non-hydrogen) atoms. The third kappa shape index (κ3) is 1.87. The second-order valence-electron chi connectivity index (χ2n) is 4.18. The fraction of sp³-hybridized carbons (Fsp3) is 0.231. The first-order chi connectivity index (χ1) is 8.04. The molecule has 0 bridgehead atoms. The van der Waals surface area contributed by atoms with Crippen molar-refractivity contribution in [2.45, 2.75) is 20.8 Å². The van der Waals surface area contributed by atoms with Crippen molar-refractivity contribution in [1.82, 2.24) is 10.5 Å². The van der Waals surface area contributed by atoms with Crippen molar-refractivity contribution in [3.05, 3.63) is 40.6 Å². The van der Waals surface area contributed by atoms with Crippen LogP contribution < -0.4 is 5.48 Å². The minimum Gasteiger partial charge on any atom is -0.288 e. The lowest BCUT2D eigenvalue weighted by Crippen LogP contribution is -2.19. The minimum atomic E-state index is -0.505. The monoisotopic (exact) mass is 230 g/mol. The normalized spacial score (nSPS) is 10.6. The fourth-order valence-electron chi connectivity index (χ4n) is 2.01. The van der Waals surface area contributed by atoms with E-state index < -0.39 is 5.91 Å². The molecule has 0 saturated carbocycles. The summed E-state index contributed by atoms with van der Waals surface area (Å²) in [6, 6.07) is 5.61. The first kappa shape index (κ1) is 11.5. The number of aryl methyl sites for hydroxylation is 3. The number of pyridine rings is 1. The zero-order valence-electron chi connectivity index (χ0n) is 10.0. The van der Waals surface area contributed by atoms with E-state index in [1.165, 1.54) is 0 Å². The summed E-state index contributed by atoms with van der Waals surface area (Å²) in [5.41, 5.74) is 5.68. The zero-order valence-corrected chi connectivity index (χ0v) is 10.0. The summed E-state index contributed by atoms with van der Waals surface area (Å²) in [4.78, 5) is 16.1. The van der Waals surface area contributed by atoms with E-state index in [9.17, 15) is 4.79 Å². The molecule has 2 rings (SSSR count). The number of nitrogens with one attached hydrogen (secondary N) is 1. The maximum absolute atomic E-state index is 11.7. The second-order valence-corrected chi connectivity index (χ2v) is 4.18. The molecule has 1 aromatic heterocycles. The highest BCUT2D eigenvalue weighted by molar-refractivity contribution is 6.07. The van der Waals surface area contributed by atoms with Crippen LogP contribution in [0.3, 0.4) is 0 Å². The lowest BCUT2D eigenvalue weighted by molar-refractivity contribution is 0.0708. The number of amides is 1. The van der Waals surface area contributed by atoms with Gasteiger partial charge in [0.15, 0.2) is 0 Å². The van der Waals surface area contributed by atoms with E-state index in [1.54, 1.807) is 11.5 Å². The molecule has 2 N–H and O–H groups in total. The standard InChI is InChI=1S/C13H14N2O2/c1-7-4-5-8(2)12-11(7)10(13(16)15-17)6-9(3)14-12/h4-6,17H,1-3H3,(H,15,16). The first-order valence-electron chi connectivity index (χ1n) is 5.36. The van der Waals surface area contributed by atoms with Crippen LogP contribution in [0, 0.1) is 20.8 Å². The molecule has 0 saturated heterocycles. The number of hydrogen-bond acceptors (Lipinski definition) is 3. The highest BCUT2D eigenvalue weighted by Gasteiger charge is 2.14. The number of carbonyl (C=O) groups is 1. The van der Waals surface area contributed by atoms with Gasteiger partial charge in [0.1, 0.15) is 0 Å². The van der Waals surface area contributed by atoms with Crippen molar-refractivity contribution in [2.24, 2.45) is 0 Å². The van der Waals surface area contributed by atoms with Gasteiger partial charge in [-0.05, 0) is 38.0 Å². The van der Waals surface area contributed by atoms with E-state index >= 15 is 0 Å². The molecule has 4 nitrogen and oxygen atoms in total. The number of fused-ring (bicyclic) bond motifs is 1. The Kier molecular flexibility index (Phi) is 2.81. The Balaban J connectivity index is 2.92. The zero-order chi connectivity index (χ0) is 12.6. The van der Waals surface area contributed by atoms with Crippen LogP contribution in [-0.2, 0) is 0 Å². The molecule has 0 radical (unpaired) electrons. The second kappa shape index (κ2) is 4.14. The molecule has 0 aliphatic heterocycles.